The molecule has 4 rings (SSSR count). The number of likely N-dealkylation sites (tertiary alicyclic amines) is 1. The number of amides is 2. The van der Waals surface area contributed by atoms with E-state index in [1.165, 1.54) is 12.1 Å². The van der Waals surface area contributed by atoms with E-state index in [1.807, 2.05) is 4.90 Å². The highest BCUT2D eigenvalue weighted by atomic mass is 32.2. The first-order valence-corrected chi connectivity index (χ1v) is 12.1. The molecule has 1 aliphatic carbocycles. The number of nitrogens with zero attached hydrogens (tertiary/aromatic N) is 3. The molecule has 2 amide bonds. The second-order valence-corrected chi connectivity index (χ2v) is 10.5. The second-order valence-electron chi connectivity index (χ2n) is 7.45. The first-order valence-electron chi connectivity index (χ1n) is 9.63. The molecule has 29 heavy (non-hydrogen) atoms. The minimum absolute atomic E-state index is 0.0314. The van der Waals surface area contributed by atoms with Gasteiger partial charge in [-0.3, -0.25) is 9.59 Å². The molecule has 2 fully saturated rings. The molecule has 1 saturated heterocycles. The summed E-state index contributed by atoms with van der Waals surface area (Å²) < 4.78 is 24.9. The predicted molar refractivity (Wildman–Crippen MR) is 108 cm³/mol. The van der Waals surface area contributed by atoms with Crippen molar-refractivity contribution >= 4 is 38.1 Å². The number of carbonyl (C=O) groups is 2. The summed E-state index contributed by atoms with van der Waals surface area (Å²) in [4.78, 5) is 26.9. The Kier molecular flexibility index (Phi) is 5.64. The average Bonchev–Trinajstić information content (AvgIpc) is 3.43. The Hall–Kier alpha value is -2.33. The van der Waals surface area contributed by atoms with E-state index >= 15 is 0 Å². The molecule has 0 bridgehead atoms. The highest BCUT2D eigenvalue weighted by molar-refractivity contribution is 7.90. The van der Waals surface area contributed by atoms with Crippen molar-refractivity contribution in [2.75, 3.05) is 11.9 Å². The lowest BCUT2D eigenvalue weighted by Crippen LogP contribution is -2.35. The maximum atomic E-state index is 12.6. The minimum Gasteiger partial charge on any atom is -0.339 e. The van der Waals surface area contributed by atoms with Crippen molar-refractivity contribution in [3.63, 3.8) is 0 Å². The summed E-state index contributed by atoms with van der Waals surface area (Å²) in [6.45, 7) is 0.434. The van der Waals surface area contributed by atoms with Crippen LogP contribution in [0.2, 0.25) is 0 Å². The summed E-state index contributed by atoms with van der Waals surface area (Å²) in [5, 5.41) is 11.0. The largest absolute Gasteiger partial charge is 0.339 e. The zero-order valence-corrected chi connectivity index (χ0v) is 17.4. The number of anilines is 1. The van der Waals surface area contributed by atoms with Crippen molar-refractivity contribution in [3.8, 4) is 0 Å². The molecule has 8 nitrogen and oxygen atoms in total. The highest BCUT2D eigenvalue weighted by Crippen LogP contribution is 2.30. The Morgan fingerprint density at radius 3 is 2.62 bits per heavy atom. The van der Waals surface area contributed by atoms with E-state index < -0.39 is 15.8 Å². The van der Waals surface area contributed by atoms with Gasteiger partial charge < -0.3 is 10.2 Å². The van der Waals surface area contributed by atoms with Crippen LogP contribution >= 0.6 is 11.3 Å². The molecule has 2 heterocycles. The van der Waals surface area contributed by atoms with Gasteiger partial charge in [-0.05, 0) is 25.0 Å². The topological polar surface area (TPSA) is 109 Å². The molecule has 154 valence electrons. The van der Waals surface area contributed by atoms with Crippen LogP contribution in [0.3, 0.4) is 0 Å². The number of sulfone groups is 1. The van der Waals surface area contributed by atoms with Gasteiger partial charge in [0.15, 0.2) is 9.84 Å². The number of nitrogens with one attached hydrogen (secondary N) is 1. The molecule has 10 heteroatoms. The van der Waals surface area contributed by atoms with Crippen LogP contribution in [0.15, 0.2) is 35.2 Å². The van der Waals surface area contributed by atoms with Gasteiger partial charge in [0.25, 0.3) is 0 Å². The third-order valence-corrected chi connectivity index (χ3v) is 8.07. The smallest absolute Gasteiger partial charge is 0.231 e. The van der Waals surface area contributed by atoms with Gasteiger partial charge in [0.2, 0.25) is 16.9 Å². The monoisotopic (exact) mass is 434 g/mol. The number of hydrogen-bond donors (Lipinski definition) is 1. The van der Waals surface area contributed by atoms with Gasteiger partial charge in [-0.1, -0.05) is 42.4 Å². The fourth-order valence-corrected chi connectivity index (χ4v) is 6.28. The van der Waals surface area contributed by atoms with E-state index in [4.69, 9.17) is 0 Å². The summed E-state index contributed by atoms with van der Waals surface area (Å²) in [7, 11) is -3.52. The van der Waals surface area contributed by atoms with Gasteiger partial charge in [0.05, 0.1) is 10.8 Å². The Morgan fingerprint density at radius 2 is 1.90 bits per heavy atom. The van der Waals surface area contributed by atoms with Crippen LogP contribution < -0.4 is 5.32 Å². The summed E-state index contributed by atoms with van der Waals surface area (Å²) in [5.41, 5.74) is 0. The minimum atomic E-state index is -3.52. The molecule has 2 aliphatic rings. The molecule has 1 unspecified atom stereocenters. The van der Waals surface area contributed by atoms with E-state index in [9.17, 15) is 18.0 Å². The number of hydrogen-bond acceptors (Lipinski definition) is 7. The molecular weight excluding hydrogens is 412 g/mol. The Morgan fingerprint density at radius 1 is 1.17 bits per heavy atom. The maximum absolute atomic E-state index is 12.6. The summed E-state index contributed by atoms with van der Waals surface area (Å²) in [6, 6.07) is 8.40. The van der Waals surface area contributed by atoms with Crippen LogP contribution in [-0.2, 0) is 25.2 Å². The van der Waals surface area contributed by atoms with E-state index in [2.05, 4.69) is 15.5 Å². The van der Waals surface area contributed by atoms with Gasteiger partial charge >= 0.3 is 0 Å². The quantitative estimate of drug-likeness (QED) is 0.747. The lowest BCUT2D eigenvalue weighted by Gasteiger charge is -2.23. The van der Waals surface area contributed by atoms with Crippen molar-refractivity contribution in [1.29, 1.82) is 0 Å². The summed E-state index contributed by atoms with van der Waals surface area (Å²) in [5.74, 6) is -0.929. The molecular formula is C19H22N4O4S2. The van der Waals surface area contributed by atoms with Gasteiger partial charge in [-0.15, -0.1) is 10.2 Å². The lowest BCUT2D eigenvalue weighted by atomic mass is 10.1. The van der Waals surface area contributed by atoms with E-state index in [0.29, 0.717) is 11.6 Å². The van der Waals surface area contributed by atoms with Gasteiger partial charge in [-0.25, -0.2) is 8.42 Å². The molecule has 1 N–H and O–H groups in total. The second kappa shape index (κ2) is 8.19. The van der Waals surface area contributed by atoms with Crippen LogP contribution in [0.25, 0.3) is 0 Å². The molecule has 0 spiro atoms. The van der Waals surface area contributed by atoms with Crippen LogP contribution in [0, 0.1) is 5.92 Å². The molecule has 1 aromatic heterocycles. The standard InChI is InChI=1S/C19H22N4O4S2/c24-17-10-13(11-23(17)14-6-4-5-7-14)18(25)20-19-22-21-16(28-19)12-29(26,27)15-8-2-1-3-9-15/h1-3,8-9,13-14H,4-7,10-12H2,(H,20,22,25). The van der Waals surface area contributed by atoms with Crippen LogP contribution in [0.1, 0.15) is 37.1 Å². The molecule has 1 atom stereocenters. The van der Waals surface area contributed by atoms with E-state index in [0.717, 1.165) is 37.0 Å². The third-order valence-electron chi connectivity index (χ3n) is 5.41. The lowest BCUT2D eigenvalue weighted by molar-refractivity contribution is -0.129. The molecule has 2 aromatic rings. The van der Waals surface area contributed by atoms with Crippen molar-refractivity contribution in [1.82, 2.24) is 15.1 Å². The van der Waals surface area contributed by atoms with Crippen molar-refractivity contribution < 1.29 is 18.0 Å². The van der Waals surface area contributed by atoms with Crippen LogP contribution in [0.5, 0.6) is 0 Å². The van der Waals surface area contributed by atoms with Gasteiger partial charge in [-0.2, -0.15) is 0 Å². The van der Waals surface area contributed by atoms with Crippen molar-refractivity contribution in [3.05, 3.63) is 35.3 Å². The Balaban J connectivity index is 1.37. The van der Waals surface area contributed by atoms with Crippen molar-refractivity contribution in [2.24, 2.45) is 5.92 Å². The van der Waals surface area contributed by atoms with Crippen LogP contribution in [-0.4, -0.2) is 47.9 Å². The predicted octanol–water partition coefficient (Wildman–Crippen LogP) is 2.24. The molecule has 1 aliphatic heterocycles. The van der Waals surface area contributed by atoms with Crippen LogP contribution in [0.4, 0.5) is 5.13 Å². The normalized spacial score (nSPS) is 20.3. The highest BCUT2D eigenvalue weighted by Gasteiger charge is 2.38. The van der Waals surface area contributed by atoms with Gasteiger partial charge in [0.1, 0.15) is 10.8 Å². The third kappa shape index (κ3) is 4.48. The van der Waals surface area contributed by atoms with Crippen molar-refractivity contribution in [2.45, 2.75) is 48.8 Å². The zero-order valence-electron chi connectivity index (χ0n) is 15.8. The Bertz CT molecular complexity index is 1000. The SMILES string of the molecule is O=C(Nc1nnc(CS(=O)(=O)c2ccccc2)s1)C1CC(=O)N(C2CCCC2)C1. The summed E-state index contributed by atoms with van der Waals surface area (Å²) in [6.07, 6.45) is 4.48. The van der Waals surface area contributed by atoms with E-state index in [1.54, 1.807) is 18.2 Å². The number of benzene rings is 1. The fraction of sp³-hybridized carbons (Fsp3) is 0.474. The summed E-state index contributed by atoms with van der Waals surface area (Å²) >= 11 is 1.04. The van der Waals surface area contributed by atoms with Gasteiger partial charge in [0, 0.05) is 19.0 Å². The molecule has 1 saturated carbocycles. The maximum Gasteiger partial charge on any atom is 0.231 e. The first-order chi connectivity index (χ1) is 13.9. The number of carbonyl (C=O) groups excluding carboxylic acids is 2. The Labute approximate surface area is 173 Å². The fourth-order valence-electron chi connectivity index (χ4n) is 3.92. The van der Waals surface area contributed by atoms with E-state index in [-0.39, 0.29) is 40.1 Å². The molecule has 1 aromatic carbocycles. The first kappa shape index (κ1) is 20.0. The number of aromatic nitrogens is 2. The average molecular weight is 435 g/mol. The molecule has 0 radical (unpaired) electrons. The zero-order chi connectivity index (χ0) is 20.4. The number of rotatable bonds is 6.